The number of halogens is 1. The van der Waals surface area contributed by atoms with Gasteiger partial charge in [-0.1, -0.05) is 11.6 Å². The standard InChI is InChI=1S/C13H18ClNO2/c1-16-10-3-2-4-11(8-10)17-13-6-5-9(14)7-12(13)15/h5-7,10-11H,2-4,8,15H2,1H3. The Labute approximate surface area is 107 Å². The van der Waals surface area contributed by atoms with Crippen LogP contribution >= 0.6 is 11.6 Å². The second-order valence-electron chi connectivity index (χ2n) is 4.45. The van der Waals surface area contributed by atoms with E-state index < -0.39 is 0 Å². The highest BCUT2D eigenvalue weighted by atomic mass is 35.5. The van der Waals surface area contributed by atoms with E-state index in [1.165, 1.54) is 0 Å². The highest BCUT2D eigenvalue weighted by Crippen LogP contribution is 2.30. The first-order valence-electron chi connectivity index (χ1n) is 5.93. The van der Waals surface area contributed by atoms with Crippen LogP contribution in [0.3, 0.4) is 0 Å². The number of benzene rings is 1. The third-order valence-corrected chi connectivity index (χ3v) is 3.41. The molecule has 0 heterocycles. The molecular formula is C13H18ClNO2. The Morgan fingerprint density at radius 1 is 1.29 bits per heavy atom. The van der Waals surface area contributed by atoms with Crippen LogP contribution in [0.15, 0.2) is 18.2 Å². The van der Waals surface area contributed by atoms with Crippen molar-refractivity contribution in [1.29, 1.82) is 0 Å². The van der Waals surface area contributed by atoms with E-state index in [1.54, 1.807) is 19.2 Å². The molecule has 2 unspecified atom stereocenters. The first kappa shape index (κ1) is 12.5. The van der Waals surface area contributed by atoms with Gasteiger partial charge in [-0.2, -0.15) is 0 Å². The van der Waals surface area contributed by atoms with Crippen LogP contribution in [0.25, 0.3) is 0 Å². The van der Waals surface area contributed by atoms with E-state index in [0.29, 0.717) is 16.8 Å². The SMILES string of the molecule is COC1CCCC(Oc2ccc(Cl)cc2N)C1. The molecule has 4 heteroatoms. The Bertz CT molecular complexity index is 384. The van der Waals surface area contributed by atoms with Crippen LogP contribution in [0, 0.1) is 0 Å². The molecule has 0 bridgehead atoms. The zero-order chi connectivity index (χ0) is 12.3. The fraction of sp³-hybridized carbons (Fsp3) is 0.538. The highest BCUT2D eigenvalue weighted by Gasteiger charge is 2.23. The minimum Gasteiger partial charge on any atom is -0.488 e. The zero-order valence-corrected chi connectivity index (χ0v) is 10.7. The van der Waals surface area contributed by atoms with Crippen LogP contribution in [-0.4, -0.2) is 19.3 Å². The van der Waals surface area contributed by atoms with Crippen molar-refractivity contribution in [3.63, 3.8) is 0 Å². The van der Waals surface area contributed by atoms with Crippen LogP contribution in [-0.2, 0) is 4.74 Å². The Morgan fingerprint density at radius 3 is 2.76 bits per heavy atom. The molecule has 2 N–H and O–H groups in total. The predicted molar refractivity (Wildman–Crippen MR) is 69.5 cm³/mol. The average molecular weight is 256 g/mol. The quantitative estimate of drug-likeness (QED) is 0.844. The minimum atomic E-state index is 0.192. The summed E-state index contributed by atoms with van der Waals surface area (Å²) in [5.74, 6) is 0.719. The van der Waals surface area contributed by atoms with Crippen molar-refractivity contribution in [2.45, 2.75) is 37.9 Å². The molecule has 0 spiro atoms. The van der Waals surface area contributed by atoms with Crippen LogP contribution in [0.1, 0.15) is 25.7 Å². The number of anilines is 1. The summed E-state index contributed by atoms with van der Waals surface area (Å²) in [5, 5.41) is 0.633. The van der Waals surface area contributed by atoms with E-state index in [4.69, 9.17) is 26.8 Å². The Balaban J connectivity index is 2.00. The fourth-order valence-corrected chi connectivity index (χ4v) is 2.41. The Hall–Kier alpha value is -0.930. The van der Waals surface area contributed by atoms with Crippen molar-refractivity contribution < 1.29 is 9.47 Å². The number of nitrogen functional groups attached to an aromatic ring is 1. The van der Waals surface area contributed by atoms with Gasteiger partial charge >= 0.3 is 0 Å². The zero-order valence-electron chi connectivity index (χ0n) is 9.99. The van der Waals surface area contributed by atoms with Gasteiger partial charge in [0.05, 0.1) is 11.8 Å². The molecule has 1 aliphatic rings. The molecule has 0 amide bonds. The van der Waals surface area contributed by atoms with Gasteiger partial charge < -0.3 is 15.2 Å². The Kier molecular flexibility index (Phi) is 4.13. The lowest BCUT2D eigenvalue weighted by molar-refractivity contribution is 0.0212. The number of nitrogens with two attached hydrogens (primary N) is 1. The number of hydrogen-bond acceptors (Lipinski definition) is 3. The molecule has 94 valence electrons. The molecule has 2 rings (SSSR count). The van der Waals surface area contributed by atoms with Crippen molar-refractivity contribution in [3.8, 4) is 5.75 Å². The van der Waals surface area contributed by atoms with Gasteiger partial charge in [0.1, 0.15) is 11.9 Å². The summed E-state index contributed by atoms with van der Waals surface area (Å²) in [4.78, 5) is 0. The van der Waals surface area contributed by atoms with Gasteiger partial charge in [-0.3, -0.25) is 0 Å². The number of ether oxygens (including phenoxy) is 2. The normalized spacial score (nSPS) is 24.6. The van der Waals surface area contributed by atoms with Crippen molar-refractivity contribution >= 4 is 17.3 Å². The van der Waals surface area contributed by atoms with Gasteiger partial charge in [-0.25, -0.2) is 0 Å². The summed E-state index contributed by atoms with van der Waals surface area (Å²) in [6, 6.07) is 5.34. The van der Waals surface area contributed by atoms with Crippen molar-refractivity contribution in [2.24, 2.45) is 0 Å². The van der Waals surface area contributed by atoms with Gasteiger partial charge in [-0.05, 0) is 37.5 Å². The molecule has 1 aromatic carbocycles. The van der Waals surface area contributed by atoms with Crippen molar-refractivity contribution in [2.75, 3.05) is 12.8 Å². The molecule has 1 aliphatic carbocycles. The van der Waals surface area contributed by atoms with Crippen LogP contribution in [0.2, 0.25) is 5.02 Å². The summed E-state index contributed by atoms with van der Waals surface area (Å²) in [6.07, 6.45) is 4.74. The molecular weight excluding hydrogens is 238 g/mol. The van der Waals surface area contributed by atoms with Gasteiger partial charge in [0, 0.05) is 18.6 Å². The maximum atomic E-state index is 5.91. The van der Waals surface area contributed by atoms with Gasteiger partial charge in [-0.15, -0.1) is 0 Å². The number of rotatable bonds is 3. The van der Waals surface area contributed by atoms with Gasteiger partial charge in [0.25, 0.3) is 0 Å². The van der Waals surface area contributed by atoms with E-state index in [2.05, 4.69) is 0 Å². The summed E-state index contributed by atoms with van der Waals surface area (Å²) in [6.45, 7) is 0. The summed E-state index contributed by atoms with van der Waals surface area (Å²) >= 11 is 5.85. The van der Waals surface area contributed by atoms with Gasteiger partial charge in [0.2, 0.25) is 0 Å². The summed E-state index contributed by atoms with van der Waals surface area (Å²) in [5.41, 5.74) is 6.46. The molecule has 1 fully saturated rings. The second kappa shape index (κ2) is 5.61. The van der Waals surface area contributed by atoms with Crippen LogP contribution < -0.4 is 10.5 Å². The van der Waals surface area contributed by atoms with Crippen LogP contribution in [0.4, 0.5) is 5.69 Å². The number of methoxy groups -OCH3 is 1. The second-order valence-corrected chi connectivity index (χ2v) is 4.88. The summed E-state index contributed by atoms with van der Waals surface area (Å²) in [7, 11) is 1.75. The molecule has 2 atom stereocenters. The van der Waals surface area contributed by atoms with E-state index in [9.17, 15) is 0 Å². The highest BCUT2D eigenvalue weighted by molar-refractivity contribution is 6.30. The monoisotopic (exact) mass is 255 g/mol. The molecule has 0 aromatic heterocycles. The Morgan fingerprint density at radius 2 is 2.06 bits per heavy atom. The van der Waals surface area contributed by atoms with Crippen LogP contribution in [0.5, 0.6) is 5.75 Å². The summed E-state index contributed by atoms with van der Waals surface area (Å²) < 4.78 is 11.3. The van der Waals surface area contributed by atoms with E-state index in [-0.39, 0.29) is 6.10 Å². The first-order valence-corrected chi connectivity index (χ1v) is 6.31. The maximum absolute atomic E-state index is 5.91. The van der Waals surface area contributed by atoms with E-state index in [0.717, 1.165) is 31.4 Å². The molecule has 0 radical (unpaired) electrons. The lowest BCUT2D eigenvalue weighted by Crippen LogP contribution is -2.29. The molecule has 1 saturated carbocycles. The molecule has 17 heavy (non-hydrogen) atoms. The first-order chi connectivity index (χ1) is 8.19. The lowest BCUT2D eigenvalue weighted by Gasteiger charge is -2.29. The largest absolute Gasteiger partial charge is 0.488 e. The third kappa shape index (κ3) is 3.27. The topological polar surface area (TPSA) is 44.5 Å². The van der Waals surface area contributed by atoms with E-state index >= 15 is 0 Å². The fourth-order valence-electron chi connectivity index (χ4n) is 2.23. The third-order valence-electron chi connectivity index (χ3n) is 3.18. The minimum absolute atomic E-state index is 0.192. The van der Waals surface area contributed by atoms with Crippen molar-refractivity contribution in [1.82, 2.24) is 0 Å². The molecule has 0 saturated heterocycles. The lowest BCUT2D eigenvalue weighted by atomic mass is 9.95. The molecule has 1 aromatic rings. The van der Waals surface area contributed by atoms with Gasteiger partial charge in [0.15, 0.2) is 0 Å². The average Bonchev–Trinajstić information content (AvgIpc) is 2.33. The molecule has 0 aliphatic heterocycles. The molecule has 3 nitrogen and oxygen atoms in total. The predicted octanol–water partition coefficient (Wildman–Crippen LogP) is 3.26. The van der Waals surface area contributed by atoms with E-state index in [1.807, 2.05) is 6.07 Å². The van der Waals surface area contributed by atoms with Crippen molar-refractivity contribution in [3.05, 3.63) is 23.2 Å². The number of hydrogen-bond donors (Lipinski definition) is 1. The maximum Gasteiger partial charge on any atom is 0.142 e. The smallest absolute Gasteiger partial charge is 0.142 e.